The van der Waals surface area contributed by atoms with Crippen LogP contribution in [0.3, 0.4) is 0 Å². The van der Waals surface area contributed by atoms with Gasteiger partial charge < -0.3 is 13.3 Å². The maximum absolute atomic E-state index is 5.98. The summed E-state index contributed by atoms with van der Waals surface area (Å²) in [6, 6.07) is 0. The monoisotopic (exact) mass is 312 g/mol. The van der Waals surface area contributed by atoms with Gasteiger partial charge >= 0.3 is 8.80 Å². The van der Waals surface area contributed by atoms with Crippen molar-refractivity contribution in [2.75, 3.05) is 25.6 Å². The molecule has 18 heavy (non-hydrogen) atoms. The molecule has 0 bridgehead atoms. The van der Waals surface area contributed by atoms with Crippen LogP contribution < -0.4 is 0 Å². The van der Waals surface area contributed by atoms with E-state index in [1.807, 2.05) is 0 Å². The van der Waals surface area contributed by atoms with Gasteiger partial charge in [0.05, 0.1) is 4.87 Å². The first-order valence-electron chi connectivity index (χ1n) is 6.87. The largest absolute Gasteiger partial charge is 0.514 e. The van der Waals surface area contributed by atoms with Gasteiger partial charge in [0.1, 0.15) is 0 Å². The van der Waals surface area contributed by atoms with E-state index in [1.54, 1.807) is 0 Å². The fourth-order valence-electron chi connectivity index (χ4n) is 1.45. The van der Waals surface area contributed by atoms with Crippen molar-refractivity contribution >= 4 is 34.1 Å². The van der Waals surface area contributed by atoms with Crippen LogP contribution in [0.2, 0.25) is 0 Å². The van der Waals surface area contributed by atoms with Gasteiger partial charge in [-0.05, 0) is 31.4 Å². The zero-order valence-electron chi connectivity index (χ0n) is 11.9. The van der Waals surface area contributed by atoms with E-state index >= 15 is 0 Å². The van der Waals surface area contributed by atoms with Gasteiger partial charge in [0.15, 0.2) is 0 Å². The third kappa shape index (κ3) is 6.82. The molecule has 1 atom stereocenters. The molecule has 0 aliphatic carbocycles. The average molecular weight is 313 g/mol. The van der Waals surface area contributed by atoms with Gasteiger partial charge in [-0.25, -0.2) is 0 Å². The molecular weight excluding hydrogens is 284 g/mol. The topological polar surface area (TPSA) is 27.7 Å². The molecule has 0 aromatic rings. The molecule has 3 nitrogen and oxygen atoms in total. The predicted octanol–water partition coefficient (Wildman–Crippen LogP) is 3.36. The number of thiol groups is 2. The van der Waals surface area contributed by atoms with Gasteiger partial charge in [0, 0.05) is 19.8 Å². The Hall–Kier alpha value is 0.797. The van der Waals surface area contributed by atoms with E-state index in [1.165, 1.54) is 0 Å². The third-order valence-electron chi connectivity index (χ3n) is 2.33. The van der Waals surface area contributed by atoms with Crippen molar-refractivity contribution in [3.05, 3.63) is 0 Å². The summed E-state index contributed by atoms with van der Waals surface area (Å²) in [5.74, 6) is 0.767. The fourth-order valence-corrected chi connectivity index (χ4v) is 5.74. The summed E-state index contributed by atoms with van der Waals surface area (Å²) in [5, 5.41) is 0. The minimum absolute atomic E-state index is 0.0136. The fraction of sp³-hybridized carbons (Fsp3) is 1.00. The summed E-state index contributed by atoms with van der Waals surface area (Å²) in [6.07, 6.45) is 3.72. The van der Waals surface area contributed by atoms with Gasteiger partial charge in [-0.3, -0.25) is 0 Å². The zero-order chi connectivity index (χ0) is 13.9. The van der Waals surface area contributed by atoms with E-state index in [9.17, 15) is 0 Å². The lowest BCUT2D eigenvalue weighted by atomic mass is 10.5. The molecule has 110 valence electrons. The van der Waals surface area contributed by atoms with Gasteiger partial charge in [-0.1, -0.05) is 20.8 Å². The molecular formula is C12H28O3S2Si. The van der Waals surface area contributed by atoms with Gasteiger partial charge in [-0.2, -0.15) is 25.3 Å². The summed E-state index contributed by atoms with van der Waals surface area (Å²) in [5.41, 5.74) is 0. The van der Waals surface area contributed by atoms with Crippen molar-refractivity contribution in [1.29, 1.82) is 0 Å². The van der Waals surface area contributed by atoms with E-state index in [-0.39, 0.29) is 4.87 Å². The smallest absolute Gasteiger partial charge is 0.373 e. The Balaban J connectivity index is 4.72. The molecule has 0 saturated heterocycles. The normalized spacial score (nSPS) is 13.8. The first kappa shape index (κ1) is 18.8. The molecule has 1 unspecified atom stereocenters. The summed E-state index contributed by atoms with van der Waals surface area (Å²) in [6.45, 7) is 8.27. The Kier molecular flexibility index (Phi) is 12.1. The lowest BCUT2D eigenvalue weighted by molar-refractivity contribution is 0.0575. The zero-order valence-corrected chi connectivity index (χ0v) is 14.6. The molecule has 6 heteroatoms. The van der Waals surface area contributed by atoms with Crippen molar-refractivity contribution in [2.24, 2.45) is 0 Å². The second-order valence-corrected chi connectivity index (χ2v) is 8.50. The van der Waals surface area contributed by atoms with E-state index in [0.29, 0.717) is 19.8 Å². The average Bonchev–Trinajstić information content (AvgIpc) is 2.38. The van der Waals surface area contributed by atoms with Gasteiger partial charge in [0.2, 0.25) is 0 Å². The molecule has 0 aromatic carbocycles. The van der Waals surface area contributed by atoms with Crippen LogP contribution in [0.5, 0.6) is 0 Å². The number of rotatable bonds is 12. The molecule has 0 heterocycles. The minimum Gasteiger partial charge on any atom is -0.373 e. The highest BCUT2D eigenvalue weighted by atomic mass is 32.1. The van der Waals surface area contributed by atoms with E-state index in [2.05, 4.69) is 46.0 Å². The number of hydrogen-bond donors (Lipinski definition) is 2. The van der Waals surface area contributed by atoms with Crippen molar-refractivity contribution in [3.8, 4) is 0 Å². The Morgan fingerprint density at radius 1 is 0.889 bits per heavy atom. The first-order chi connectivity index (χ1) is 8.66. The van der Waals surface area contributed by atoms with Crippen LogP contribution >= 0.6 is 25.3 Å². The highest BCUT2D eigenvalue weighted by Gasteiger charge is 2.47. The van der Waals surface area contributed by atoms with Crippen LogP contribution in [0, 0.1) is 0 Å². The SMILES string of the molecule is CCCO[Si](OCCC)(OCCC)C(S)CCS. The Labute approximate surface area is 124 Å². The lowest BCUT2D eigenvalue weighted by Crippen LogP contribution is -2.55. The van der Waals surface area contributed by atoms with Gasteiger partial charge in [-0.15, -0.1) is 0 Å². The third-order valence-corrected chi connectivity index (χ3v) is 6.72. The van der Waals surface area contributed by atoms with Crippen molar-refractivity contribution in [1.82, 2.24) is 0 Å². The Morgan fingerprint density at radius 2 is 1.28 bits per heavy atom. The molecule has 0 saturated carbocycles. The molecule has 0 rings (SSSR count). The van der Waals surface area contributed by atoms with Crippen LogP contribution in [0.15, 0.2) is 0 Å². The van der Waals surface area contributed by atoms with E-state index < -0.39 is 8.80 Å². The summed E-state index contributed by atoms with van der Waals surface area (Å²) in [7, 11) is -2.67. The maximum Gasteiger partial charge on any atom is 0.514 e. The van der Waals surface area contributed by atoms with Crippen molar-refractivity contribution in [2.45, 2.75) is 51.3 Å². The number of hydrogen-bond acceptors (Lipinski definition) is 5. The standard InChI is InChI=1S/C12H28O3S2Si/c1-4-8-13-18(14-9-5-2,15-10-6-3)12(17)7-11-16/h12,16-17H,4-11H2,1-3H3. The Bertz CT molecular complexity index is 174. The first-order valence-corrected chi connectivity index (χ1v) is 9.82. The quantitative estimate of drug-likeness (QED) is 0.427. The van der Waals surface area contributed by atoms with Crippen LogP contribution in [0.25, 0.3) is 0 Å². The van der Waals surface area contributed by atoms with Gasteiger partial charge in [0.25, 0.3) is 0 Å². The summed E-state index contributed by atoms with van der Waals surface area (Å²) >= 11 is 8.92. The molecule has 0 aliphatic heterocycles. The Morgan fingerprint density at radius 3 is 1.56 bits per heavy atom. The minimum atomic E-state index is -2.67. The van der Waals surface area contributed by atoms with Crippen molar-refractivity contribution in [3.63, 3.8) is 0 Å². The second kappa shape index (κ2) is 11.6. The second-order valence-electron chi connectivity index (χ2n) is 4.18. The highest BCUT2D eigenvalue weighted by Crippen LogP contribution is 2.23. The molecule has 0 fully saturated rings. The summed E-state index contributed by atoms with van der Waals surface area (Å²) in [4.78, 5) is 0.0136. The highest BCUT2D eigenvalue weighted by molar-refractivity contribution is 7.83. The van der Waals surface area contributed by atoms with Crippen LogP contribution in [-0.2, 0) is 13.3 Å². The summed E-state index contributed by atoms with van der Waals surface area (Å²) < 4.78 is 17.9. The van der Waals surface area contributed by atoms with E-state index in [0.717, 1.165) is 31.4 Å². The maximum atomic E-state index is 5.98. The molecule has 0 amide bonds. The van der Waals surface area contributed by atoms with Crippen LogP contribution in [0.4, 0.5) is 0 Å². The van der Waals surface area contributed by atoms with Crippen LogP contribution in [-0.4, -0.2) is 39.3 Å². The molecule has 0 aromatic heterocycles. The lowest BCUT2D eigenvalue weighted by Gasteiger charge is -2.33. The predicted molar refractivity (Wildman–Crippen MR) is 85.7 cm³/mol. The van der Waals surface area contributed by atoms with Crippen LogP contribution in [0.1, 0.15) is 46.5 Å². The molecule has 0 N–H and O–H groups in total. The molecule has 0 aliphatic rings. The molecule has 0 spiro atoms. The van der Waals surface area contributed by atoms with Crippen molar-refractivity contribution < 1.29 is 13.3 Å². The molecule has 0 radical (unpaired) electrons. The van der Waals surface area contributed by atoms with E-state index in [4.69, 9.17) is 13.3 Å².